The summed E-state index contributed by atoms with van der Waals surface area (Å²) in [5.41, 5.74) is 2.00. The molecule has 9 nitrogen and oxygen atoms in total. The Morgan fingerprint density at radius 3 is 2.69 bits per heavy atom. The van der Waals surface area contributed by atoms with Crippen molar-refractivity contribution in [2.45, 2.75) is 20.0 Å². The number of fused-ring (bicyclic) bond motifs is 1. The number of nitro groups is 1. The van der Waals surface area contributed by atoms with Crippen molar-refractivity contribution in [3.63, 3.8) is 0 Å². The largest absolute Gasteiger partial charge is 0.481 e. The third kappa shape index (κ3) is 4.49. The van der Waals surface area contributed by atoms with Crippen LogP contribution in [-0.4, -0.2) is 21.9 Å². The second-order valence-corrected chi connectivity index (χ2v) is 7.86. The minimum Gasteiger partial charge on any atom is -0.481 e. The van der Waals surface area contributed by atoms with Crippen LogP contribution >= 0.6 is 11.3 Å². The molecule has 0 bridgehead atoms. The fraction of sp³-hybridized carbons (Fsp3) is 0.136. The number of hydrogen-bond donors (Lipinski definition) is 1. The van der Waals surface area contributed by atoms with E-state index in [-0.39, 0.29) is 5.69 Å². The van der Waals surface area contributed by atoms with Crippen LogP contribution in [0.1, 0.15) is 12.5 Å². The average molecular weight is 451 g/mol. The highest BCUT2D eigenvalue weighted by Gasteiger charge is 2.18. The molecule has 4 rings (SSSR count). The van der Waals surface area contributed by atoms with Gasteiger partial charge in [-0.05, 0) is 43.7 Å². The van der Waals surface area contributed by atoms with Crippen LogP contribution in [0, 0.1) is 17.0 Å². The van der Waals surface area contributed by atoms with Crippen LogP contribution in [0.25, 0.3) is 22.2 Å². The number of hydrogen-bond acceptors (Lipinski definition) is 8. The molecule has 0 spiro atoms. The molecule has 2 aromatic carbocycles. The number of non-ortho nitro benzene ring substituents is 1. The van der Waals surface area contributed by atoms with Crippen molar-refractivity contribution >= 4 is 39.0 Å². The summed E-state index contributed by atoms with van der Waals surface area (Å²) in [4.78, 5) is 38.8. The van der Waals surface area contributed by atoms with E-state index in [1.54, 1.807) is 42.6 Å². The molecular weight excluding hydrogens is 434 g/mol. The number of anilines is 1. The number of benzene rings is 2. The van der Waals surface area contributed by atoms with Gasteiger partial charge in [0.2, 0.25) is 0 Å². The predicted octanol–water partition coefficient (Wildman–Crippen LogP) is 4.54. The lowest BCUT2D eigenvalue weighted by Crippen LogP contribution is -2.30. The number of carbonyl (C=O) groups excluding carboxylic acids is 1. The zero-order chi connectivity index (χ0) is 22.8. The molecule has 1 unspecified atom stereocenters. The topological polar surface area (TPSA) is 125 Å². The quantitative estimate of drug-likeness (QED) is 0.259. The molecule has 0 fully saturated rings. The van der Waals surface area contributed by atoms with Crippen LogP contribution in [-0.2, 0) is 4.79 Å². The molecule has 4 aromatic rings. The maximum atomic E-state index is 12.5. The van der Waals surface area contributed by atoms with Crippen molar-refractivity contribution in [2.75, 3.05) is 5.32 Å². The van der Waals surface area contributed by atoms with E-state index in [0.717, 1.165) is 10.9 Å². The highest BCUT2D eigenvalue weighted by atomic mass is 32.1. The fourth-order valence-corrected chi connectivity index (χ4v) is 3.78. The van der Waals surface area contributed by atoms with E-state index in [4.69, 9.17) is 9.15 Å². The number of nitrogens with zero attached hydrogens (tertiary/aromatic N) is 2. The number of aromatic nitrogens is 1. The number of thiazole rings is 1. The van der Waals surface area contributed by atoms with Gasteiger partial charge < -0.3 is 9.15 Å². The molecule has 10 heteroatoms. The fourth-order valence-electron chi connectivity index (χ4n) is 3.06. The van der Waals surface area contributed by atoms with E-state index >= 15 is 0 Å². The molecule has 0 aliphatic heterocycles. The molecule has 2 heterocycles. The smallest absolute Gasteiger partial charge is 0.336 e. The van der Waals surface area contributed by atoms with Gasteiger partial charge in [0.05, 0.1) is 10.6 Å². The van der Waals surface area contributed by atoms with E-state index in [1.165, 1.54) is 29.5 Å². The van der Waals surface area contributed by atoms with Crippen LogP contribution in [0.5, 0.6) is 5.75 Å². The van der Waals surface area contributed by atoms with Crippen molar-refractivity contribution in [3.05, 3.63) is 80.0 Å². The van der Waals surface area contributed by atoms with E-state index in [0.29, 0.717) is 27.7 Å². The van der Waals surface area contributed by atoms with E-state index < -0.39 is 22.6 Å². The van der Waals surface area contributed by atoms with Crippen molar-refractivity contribution in [2.24, 2.45) is 0 Å². The van der Waals surface area contributed by atoms with E-state index in [1.807, 2.05) is 6.92 Å². The Hall–Kier alpha value is -4.05. The molecular formula is C22H17N3O6S. The maximum Gasteiger partial charge on any atom is 0.336 e. The maximum absolute atomic E-state index is 12.5. The second kappa shape index (κ2) is 8.60. The van der Waals surface area contributed by atoms with Gasteiger partial charge in [-0.15, -0.1) is 11.3 Å². The summed E-state index contributed by atoms with van der Waals surface area (Å²) < 4.78 is 10.9. The molecule has 162 valence electrons. The van der Waals surface area contributed by atoms with Crippen molar-refractivity contribution in [3.8, 4) is 17.0 Å². The van der Waals surface area contributed by atoms with E-state index in [2.05, 4.69) is 10.3 Å². The molecule has 0 saturated heterocycles. The number of carbonyl (C=O) groups is 1. The summed E-state index contributed by atoms with van der Waals surface area (Å²) >= 11 is 1.23. The molecule has 1 N–H and O–H groups in total. The summed E-state index contributed by atoms with van der Waals surface area (Å²) in [6.07, 6.45) is -0.837. The average Bonchev–Trinajstić information content (AvgIpc) is 3.21. The van der Waals surface area contributed by atoms with Gasteiger partial charge in [-0.25, -0.2) is 9.78 Å². The summed E-state index contributed by atoms with van der Waals surface area (Å²) in [6, 6.07) is 12.5. The number of rotatable bonds is 6. The third-order valence-corrected chi connectivity index (χ3v) is 5.47. The Morgan fingerprint density at radius 1 is 1.22 bits per heavy atom. The summed E-state index contributed by atoms with van der Waals surface area (Å²) in [5.74, 6) is -0.0139. The van der Waals surface area contributed by atoms with Gasteiger partial charge in [0, 0.05) is 40.6 Å². The lowest BCUT2D eigenvalue weighted by molar-refractivity contribution is -0.384. The standard InChI is InChI=1S/C22H17N3O6S/c1-12-9-20(26)31-19-10-16(7-8-17(12)19)30-13(2)21(27)24-22-23-18(11-32-22)14-3-5-15(6-4-14)25(28)29/h3-11,13H,1-2H3,(H,23,24,27). The number of aryl methyl sites for hydroxylation is 1. The van der Waals surface area contributed by atoms with Crippen LogP contribution in [0.4, 0.5) is 10.8 Å². The second-order valence-electron chi connectivity index (χ2n) is 7.00. The monoisotopic (exact) mass is 451 g/mol. The molecule has 32 heavy (non-hydrogen) atoms. The number of amides is 1. The molecule has 0 saturated carbocycles. The Bertz CT molecular complexity index is 1380. The van der Waals surface area contributed by atoms with Gasteiger partial charge in [-0.2, -0.15) is 0 Å². The number of ether oxygens (including phenoxy) is 1. The summed E-state index contributed by atoms with van der Waals surface area (Å²) in [6.45, 7) is 3.41. The highest BCUT2D eigenvalue weighted by Crippen LogP contribution is 2.27. The van der Waals surface area contributed by atoms with Gasteiger partial charge in [0.25, 0.3) is 11.6 Å². The Balaban J connectivity index is 1.43. The first-order valence-electron chi connectivity index (χ1n) is 9.52. The lowest BCUT2D eigenvalue weighted by atomic mass is 10.1. The minimum absolute atomic E-state index is 0.00777. The van der Waals surface area contributed by atoms with Crippen molar-refractivity contribution in [1.29, 1.82) is 0 Å². The number of nitrogens with one attached hydrogen (secondary N) is 1. The molecule has 2 aromatic heterocycles. The molecule has 1 atom stereocenters. The molecule has 1 amide bonds. The van der Waals surface area contributed by atoms with Gasteiger partial charge in [-0.1, -0.05) is 0 Å². The number of nitro benzene ring substituents is 1. The Kier molecular flexibility index (Phi) is 5.69. The van der Waals surface area contributed by atoms with E-state index in [9.17, 15) is 19.7 Å². The van der Waals surface area contributed by atoms with Crippen LogP contribution < -0.4 is 15.7 Å². The Morgan fingerprint density at radius 2 is 1.97 bits per heavy atom. The highest BCUT2D eigenvalue weighted by molar-refractivity contribution is 7.14. The first-order chi connectivity index (χ1) is 15.3. The molecule has 0 radical (unpaired) electrons. The normalized spacial score (nSPS) is 11.8. The van der Waals surface area contributed by atoms with Crippen LogP contribution in [0.2, 0.25) is 0 Å². The van der Waals surface area contributed by atoms with Crippen LogP contribution in [0.3, 0.4) is 0 Å². The Labute approximate surface area is 185 Å². The first kappa shape index (κ1) is 21.2. The first-order valence-corrected chi connectivity index (χ1v) is 10.4. The van der Waals surface area contributed by atoms with Gasteiger partial charge >= 0.3 is 5.63 Å². The van der Waals surface area contributed by atoms with Gasteiger partial charge in [0.1, 0.15) is 11.3 Å². The van der Waals surface area contributed by atoms with Crippen molar-refractivity contribution in [1.82, 2.24) is 4.98 Å². The SMILES string of the molecule is Cc1cc(=O)oc2cc(OC(C)C(=O)Nc3nc(-c4ccc([N+](=O)[O-])cc4)cs3)ccc12. The van der Waals surface area contributed by atoms with Gasteiger partial charge in [0.15, 0.2) is 11.2 Å². The van der Waals surface area contributed by atoms with Crippen molar-refractivity contribution < 1.29 is 18.9 Å². The summed E-state index contributed by atoms with van der Waals surface area (Å²) in [5, 5.41) is 16.4. The predicted molar refractivity (Wildman–Crippen MR) is 120 cm³/mol. The zero-order valence-electron chi connectivity index (χ0n) is 17.0. The minimum atomic E-state index is -0.837. The zero-order valence-corrected chi connectivity index (χ0v) is 17.8. The summed E-state index contributed by atoms with van der Waals surface area (Å²) in [7, 11) is 0. The van der Waals surface area contributed by atoms with Crippen LogP contribution in [0.15, 0.2) is 63.1 Å². The molecule has 0 aliphatic carbocycles. The third-order valence-electron chi connectivity index (χ3n) is 4.71. The van der Waals surface area contributed by atoms with Gasteiger partial charge in [-0.3, -0.25) is 20.2 Å². The molecule has 0 aliphatic rings. The lowest BCUT2D eigenvalue weighted by Gasteiger charge is -2.14.